The predicted octanol–water partition coefficient (Wildman–Crippen LogP) is 5.86. The van der Waals surface area contributed by atoms with Gasteiger partial charge in [-0.1, -0.05) is 42.6 Å². The lowest BCUT2D eigenvalue weighted by Gasteiger charge is -2.22. The van der Waals surface area contributed by atoms with Gasteiger partial charge in [0.2, 0.25) is 5.82 Å². The minimum atomic E-state index is -2.21. The van der Waals surface area contributed by atoms with Crippen molar-refractivity contribution in [2.45, 2.75) is 44.6 Å². The van der Waals surface area contributed by atoms with Gasteiger partial charge in [-0.05, 0) is 30.4 Å². The molecule has 1 radical (unpaired) electrons. The Kier molecular flexibility index (Phi) is 6.08. The van der Waals surface area contributed by atoms with Crippen molar-refractivity contribution < 1.29 is 26.8 Å². The Labute approximate surface area is 153 Å². The molecule has 2 nitrogen and oxygen atoms in total. The molecular weight excluding hydrogens is 365 g/mol. The minimum absolute atomic E-state index is 0.481. The predicted molar refractivity (Wildman–Crippen MR) is 89.8 cm³/mol. The maximum atomic E-state index is 13.5. The van der Waals surface area contributed by atoms with Crippen LogP contribution < -0.4 is 0 Å². The Morgan fingerprint density at radius 1 is 0.889 bits per heavy atom. The van der Waals surface area contributed by atoms with Crippen LogP contribution in [0.3, 0.4) is 0 Å². The van der Waals surface area contributed by atoms with Crippen LogP contribution >= 0.6 is 0 Å². The van der Waals surface area contributed by atoms with Crippen molar-refractivity contribution in [1.82, 2.24) is 0 Å². The summed E-state index contributed by atoms with van der Waals surface area (Å²) in [5.74, 6) is -9.61. The Hall–Kier alpha value is -2.44. The summed E-state index contributed by atoms with van der Waals surface area (Å²) in [5.41, 5.74) is 0.693. The highest BCUT2D eigenvalue weighted by molar-refractivity contribution is 5.79. The third-order valence-electron chi connectivity index (χ3n) is 4.71. The molecule has 1 aliphatic carbocycles. The highest BCUT2D eigenvalue weighted by Gasteiger charge is 2.25. The minimum Gasteiger partial charge on any atom is -0.390 e. The number of hydrogen-bond donors (Lipinski definition) is 0. The molecule has 1 saturated carbocycles. The van der Waals surface area contributed by atoms with Gasteiger partial charge in [-0.2, -0.15) is 0 Å². The largest absolute Gasteiger partial charge is 0.390 e. The number of benzene rings is 2. The first-order valence-corrected chi connectivity index (χ1v) is 8.67. The topological polar surface area (TPSA) is 21.6 Å². The second-order valence-corrected chi connectivity index (χ2v) is 6.49. The fraction of sp³-hybridized carbons (Fsp3) is 0.350. The standard InChI is InChI=1S/C20H17F5NO/c21-16-15(17(22)19(24)20(25)18(16)23)11-27-26-10-12-5-4-8-14(9-12)13-6-2-1-3-7-13/h4-5,8-9,13H,1-3,6-7,11H2. The monoisotopic (exact) mass is 382 g/mol. The average molecular weight is 382 g/mol. The molecule has 143 valence electrons. The molecule has 2 aromatic rings. The van der Waals surface area contributed by atoms with Crippen molar-refractivity contribution in [3.8, 4) is 0 Å². The molecule has 0 saturated heterocycles. The summed E-state index contributed by atoms with van der Waals surface area (Å²) in [5, 5.41) is 3.47. The molecule has 0 unspecified atom stereocenters. The number of rotatable bonds is 5. The smallest absolute Gasteiger partial charge is 0.200 e. The van der Waals surface area contributed by atoms with Crippen molar-refractivity contribution in [2.24, 2.45) is 5.16 Å². The van der Waals surface area contributed by atoms with Crippen LogP contribution in [0.4, 0.5) is 22.0 Å². The second-order valence-electron chi connectivity index (χ2n) is 6.49. The Morgan fingerprint density at radius 2 is 1.52 bits per heavy atom. The molecular formula is C20H17F5NO. The molecule has 1 aliphatic rings. The molecule has 2 aromatic carbocycles. The first-order valence-electron chi connectivity index (χ1n) is 8.67. The zero-order valence-electron chi connectivity index (χ0n) is 14.4. The fourth-order valence-electron chi connectivity index (χ4n) is 3.26. The maximum absolute atomic E-state index is 13.5. The SMILES string of the molecule is Fc1c(F)c(F)c(CO/N=[C]\c2cccc(C3CCCCC3)c2)c(F)c1F. The van der Waals surface area contributed by atoms with E-state index in [0.717, 1.165) is 18.4 Å². The molecule has 0 spiro atoms. The Morgan fingerprint density at radius 3 is 2.19 bits per heavy atom. The van der Waals surface area contributed by atoms with Crippen LogP contribution in [0.15, 0.2) is 29.4 Å². The van der Waals surface area contributed by atoms with Gasteiger partial charge in [0, 0.05) is 5.56 Å². The lowest BCUT2D eigenvalue weighted by atomic mass is 9.84. The van der Waals surface area contributed by atoms with Gasteiger partial charge in [0.15, 0.2) is 23.3 Å². The maximum Gasteiger partial charge on any atom is 0.200 e. The first-order chi connectivity index (χ1) is 13.0. The third-order valence-corrected chi connectivity index (χ3v) is 4.71. The van der Waals surface area contributed by atoms with E-state index in [9.17, 15) is 22.0 Å². The van der Waals surface area contributed by atoms with Crippen LogP contribution in [-0.4, -0.2) is 6.21 Å². The van der Waals surface area contributed by atoms with Gasteiger partial charge >= 0.3 is 0 Å². The summed E-state index contributed by atoms with van der Waals surface area (Å²) in [6.45, 7) is -0.902. The van der Waals surface area contributed by atoms with Crippen molar-refractivity contribution in [3.63, 3.8) is 0 Å². The number of halogens is 5. The van der Waals surface area contributed by atoms with E-state index in [4.69, 9.17) is 4.84 Å². The van der Waals surface area contributed by atoms with Gasteiger partial charge < -0.3 is 4.84 Å². The van der Waals surface area contributed by atoms with E-state index < -0.39 is 41.3 Å². The quantitative estimate of drug-likeness (QED) is 0.209. The van der Waals surface area contributed by atoms with Crippen LogP contribution in [0.1, 0.15) is 54.7 Å². The van der Waals surface area contributed by atoms with E-state index in [0.29, 0.717) is 11.5 Å². The lowest BCUT2D eigenvalue weighted by molar-refractivity contribution is 0.124. The summed E-state index contributed by atoms with van der Waals surface area (Å²) < 4.78 is 66.4. The first kappa shape index (κ1) is 19.3. The molecule has 0 bridgehead atoms. The van der Waals surface area contributed by atoms with E-state index in [1.54, 1.807) is 6.07 Å². The number of hydrogen-bond acceptors (Lipinski definition) is 2. The number of nitrogens with zero attached hydrogens (tertiary/aromatic N) is 1. The lowest BCUT2D eigenvalue weighted by Crippen LogP contribution is -2.07. The van der Waals surface area contributed by atoms with Crippen molar-refractivity contribution in [1.29, 1.82) is 0 Å². The second kappa shape index (κ2) is 8.50. The molecule has 0 aromatic heterocycles. The van der Waals surface area contributed by atoms with Gasteiger partial charge in [0.05, 0.1) is 5.56 Å². The van der Waals surface area contributed by atoms with Crippen LogP contribution in [-0.2, 0) is 11.4 Å². The van der Waals surface area contributed by atoms with E-state index in [1.807, 2.05) is 18.2 Å². The zero-order valence-corrected chi connectivity index (χ0v) is 14.4. The highest BCUT2D eigenvalue weighted by Crippen LogP contribution is 2.32. The summed E-state index contributed by atoms with van der Waals surface area (Å²) >= 11 is 0. The molecule has 3 rings (SSSR count). The summed E-state index contributed by atoms with van der Waals surface area (Å²) in [4.78, 5) is 4.70. The molecule has 27 heavy (non-hydrogen) atoms. The average Bonchev–Trinajstić information content (AvgIpc) is 2.71. The van der Waals surface area contributed by atoms with Crippen LogP contribution in [0, 0.1) is 29.1 Å². The molecule has 0 aliphatic heterocycles. The van der Waals surface area contributed by atoms with Gasteiger partial charge in [-0.15, -0.1) is 0 Å². The molecule has 1 fully saturated rings. The Bertz CT molecular complexity index is 818. The van der Waals surface area contributed by atoms with Crippen LogP contribution in [0.25, 0.3) is 0 Å². The van der Waals surface area contributed by atoms with Gasteiger partial charge in [-0.25, -0.2) is 22.0 Å². The van der Waals surface area contributed by atoms with Crippen molar-refractivity contribution in [3.05, 3.63) is 70.0 Å². The van der Waals surface area contributed by atoms with E-state index in [2.05, 4.69) is 11.4 Å². The van der Waals surface area contributed by atoms with E-state index >= 15 is 0 Å². The fourth-order valence-corrected chi connectivity index (χ4v) is 3.26. The van der Waals surface area contributed by atoms with Gasteiger partial charge in [0.1, 0.15) is 12.8 Å². The van der Waals surface area contributed by atoms with Gasteiger partial charge in [0.25, 0.3) is 0 Å². The van der Waals surface area contributed by atoms with Crippen LogP contribution in [0.2, 0.25) is 0 Å². The highest BCUT2D eigenvalue weighted by atomic mass is 19.2. The molecule has 0 amide bonds. The summed E-state index contributed by atoms with van der Waals surface area (Å²) in [6, 6.07) is 7.52. The van der Waals surface area contributed by atoms with E-state index in [1.165, 1.54) is 19.3 Å². The van der Waals surface area contributed by atoms with Crippen molar-refractivity contribution in [2.75, 3.05) is 0 Å². The molecule has 0 atom stereocenters. The summed E-state index contributed by atoms with van der Waals surface area (Å²) in [7, 11) is 0. The van der Waals surface area contributed by atoms with E-state index in [-0.39, 0.29) is 0 Å². The third kappa shape index (κ3) is 4.28. The van der Waals surface area contributed by atoms with Gasteiger partial charge in [-0.3, -0.25) is 0 Å². The molecule has 7 heteroatoms. The zero-order chi connectivity index (χ0) is 19.4. The van der Waals surface area contributed by atoms with Crippen molar-refractivity contribution >= 4 is 6.21 Å². The Balaban J connectivity index is 1.67. The summed E-state index contributed by atoms with van der Waals surface area (Å²) in [6.07, 6.45) is 8.44. The molecule has 0 heterocycles. The molecule has 0 N–H and O–H groups in total. The van der Waals surface area contributed by atoms with Crippen LogP contribution in [0.5, 0.6) is 0 Å². The normalized spacial score (nSPS) is 15.4.